The van der Waals surface area contributed by atoms with Crippen LogP contribution >= 0.6 is 0 Å². The molecule has 5 N–H and O–H groups in total. The third-order valence-corrected chi connectivity index (χ3v) is 5.39. The van der Waals surface area contributed by atoms with E-state index in [1.54, 1.807) is 0 Å². The van der Waals surface area contributed by atoms with Gasteiger partial charge in [0.05, 0.1) is 0 Å². The zero-order valence-electron chi connectivity index (χ0n) is 19.4. The van der Waals surface area contributed by atoms with E-state index in [-0.39, 0.29) is 34.7 Å². The smallest absolute Gasteiger partial charge is 0.256 e. The van der Waals surface area contributed by atoms with Crippen molar-refractivity contribution in [3.63, 3.8) is 0 Å². The molecule has 0 spiro atoms. The SMILES string of the molecule is CCNC(=O)c1cnc(Nc2ccc3c(c2)CNCC3)nc1Nc1ccc(F)c(C(C)(C)O)n1. The van der Waals surface area contributed by atoms with Crippen LogP contribution in [0.2, 0.25) is 0 Å². The lowest BCUT2D eigenvalue weighted by Gasteiger charge is -2.19. The molecule has 0 aliphatic carbocycles. The number of benzene rings is 1. The zero-order valence-corrected chi connectivity index (χ0v) is 19.4. The van der Waals surface area contributed by atoms with Gasteiger partial charge in [-0.05, 0) is 69.1 Å². The molecule has 0 radical (unpaired) electrons. The van der Waals surface area contributed by atoms with Crippen LogP contribution in [0.3, 0.4) is 0 Å². The van der Waals surface area contributed by atoms with E-state index in [1.807, 2.05) is 19.1 Å². The van der Waals surface area contributed by atoms with Crippen LogP contribution in [0.5, 0.6) is 0 Å². The molecular formula is C24H28FN7O2. The summed E-state index contributed by atoms with van der Waals surface area (Å²) in [6.45, 7) is 6.90. The van der Waals surface area contributed by atoms with E-state index < -0.39 is 11.4 Å². The van der Waals surface area contributed by atoms with E-state index in [9.17, 15) is 14.3 Å². The molecule has 0 atom stereocenters. The van der Waals surface area contributed by atoms with Gasteiger partial charge in [-0.25, -0.2) is 14.4 Å². The molecule has 1 amide bonds. The molecule has 1 aromatic carbocycles. The fraction of sp³-hybridized carbons (Fsp3) is 0.333. The Labute approximate surface area is 197 Å². The molecule has 0 saturated heterocycles. The van der Waals surface area contributed by atoms with Gasteiger partial charge in [-0.15, -0.1) is 0 Å². The number of aromatic nitrogens is 3. The number of aliphatic hydroxyl groups is 1. The van der Waals surface area contributed by atoms with Gasteiger partial charge < -0.3 is 26.4 Å². The van der Waals surface area contributed by atoms with Gasteiger partial charge in [-0.2, -0.15) is 4.98 Å². The summed E-state index contributed by atoms with van der Waals surface area (Å²) in [5, 5.41) is 22.5. The van der Waals surface area contributed by atoms with Crippen LogP contribution in [0.4, 0.5) is 27.7 Å². The Kier molecular flexibility index (Phi) is 6.71. The Bertz CT molecular complexity index is 1210. The summed E-state index contributed by atoms with van der Waals surface area (Å²) < 4.78 is 14.2. The molecule has 3 heterocycles. The molecule has 1 aliphatic heterocycles. The quantitative estimate of drug-likeness (QED) is 0.361. The fourth-order valence-corrected chi connectivity index (χ4v) is 3.71. The van der Waals surface area contributed by atoms with E-state index in [2.05, 4.69) is 42.3 Å². The van der Waals surface area contributed by atoms with Crippen molar-refractivity contribution >= 4 is 29.2 Å². The van der Waals surface area contributed by atoms with E-state index in [0.717, 1.165) is 25.2 Å². The number of amides is 1. The predicted octanol–water partition coefficient (Wildman–Crippen LogP) is 3.12. The van der Waals surface area contributed by atoms with Gasteiger partial charge in [0.2, 0.25) is 5.95 Å². The molecule has 0 saturated carbocycles. The first-order valence-corrected chi connectivity index (χ1v) is 11.2. The first-order chi connectivity index (χ1) is 16.2. The molecule has 0 fully saturated rings. The lowest BCUT2D eigenvalue weighted by atomic mass is 10.0. The molecule has 10 heteroatoms. The second-order valence-electron chi connectivity index (χ2n) is 8.56. The van der Waals surface area contributed by atoms with Crippen molar-refractivity contribution in [2.24, 2.45) is 0 Å². The molecule has 178 valence electrons. The summed E-state index contributed by atoms with van der Waals surface area (Å²) in [5.41, 5.74) is 1.95. The molecule has 4 rings (SSSR count). The minimum absolute atomic E-state index is 0.118. The van der Waals surface area contributed by atoms with Crippen LogP contribution in [0.1, 0.15) is 48.0 Å². The Morgan fingerprint density at radius 3 is 2.76 bits per heavy atom. The zero-order chi connectivity index (χ0) is 24.3. The number of nitrogens with one attached hydrogen (secondary N) is 4. The van der Waals surface area contributed by atoms with Gasteiger partial charge in [0.1, 0.15) is 34.3 Å². The Morgan fingerprint density at radius 1 is 1.18 bits per heavy atom. The second kappa shape index (κ2) is 9.70. The summed E-state index contributed by atoms with van der Waals surface area (Å²) in [6, 6.07) is 8.72. The van der Waals surface area contributed by atoms with Crippen LogP contribution in [0.15, 0.2) is 36.5 Å². The minimum Gasteiger partial charge on any atom is -0.384 e. The van der Waals surface area contributed by atoms with Crippen molar-refractivity contribution in [2.45, 2.75) is 39.3 Å². The summed E-state index contributed by atoms with van der Waals surface area (Å²) in [4.78, 5) is 25.6. The van der Waals surface area contributed by atoms with Crippen molar-refractivity contribution in [3.8, 4) is 0 Å². The molecule has 34 heavy (non-hydrogen) atoms. The highest BCUT2D eigenvalue weighted by Gasteiger charge is 2.24. The number of hydrogen-bond donors (Lipinski definition) is 5. The highest BCUT2D eigenvalue weighted by atomic mass is 19.1. The number of carbonyl (C=O) groups excluding carboxylic acids is 1. The number of carbonyl (C=O) groups is 1. The van der Waals surface area contributed by atoms with E-state index >= 15 is 0 Å². The maximum absolute atomic E-state index is 14.2. The summed E-state index contributed by atoms with van der Waals surface area (Å²) in [7, 11) is 0. The molecule has 1 aliphatic rings. The summed E-state index contributed by atoms with van der Waals surface area (Å²) in [6.07, 6.45) is 2.40. The number of halogens is 1. The number of pyridine rings is 1. The van der Waals surface area contributed by atoms with Crippen molar-refractivity contribution in [3.05, 3.63) is 64.7 Å². The number of hydrogen-bond acceptors (Lipinski definition) is 8. The number of anilines is 4. The third-order valence-electron chi connectivity index (χ3n) is 5.39. The summed E-state index contributed by atoms with van der Waals surface area (Å²) in [5.74, 6) is -0.281. The van der Waals surface area contributed by atoms with E-state index in [0.29, 0.717) is 6.54 Å². The molecular weight excluding hydrogens is 437 g/mol. The minimum atomic E-state index is -1.48. The van der Waals surface area contributed by atoms with Gasteiger partial charge in [-0.3, -0.25) is 4.79 Å². The van der Waals surface area contributed by atoms with Gasteiger partial charge in [0.25, 0.3) is 5.91 Å². The number of fused-ring (bicyclic) bond motifs is 1. The molecule has 9 nitrogen and oxygen atoms in total. The normalized spacial score (nSPS) is 13.2. The molecule has 2 aromatic heterocycles. The van der Waals surface area contributed by atoms with Gasteiger partial charge in [-0.1, -0.05) is 6.07 Å². The highest BCUT2D eigenvalue weighted by molar-refractivity contribution is 5.99. The molecule has 0 bridgehead atoms. The monoisotopic (exact) mass is 465 g/mol. The lowest BCUT2D eigenvalue weighted by Crippen LogP contribution is -2.25. The average molecular weight is 466 g/mol. The maximum atomic E-state index is 14.2. The van der Waals surface area contributed by atoms with Crippen molar-refractivity contribution in [1.82, 2.24) is 25.6 Å². The largest absolute Gasteiger partial charge is 0.384 e. The van der Waals surface area contributed by atoms with Crippen LogP contribution in [0, 0.1) is 5.82 Å². The van der Waals surface area contributed by atoms with Crippen LogP contribution < -0.4 is 21.3 Å². The summed E-state index contributed by atoms with van der Waals surface area (Å²) >= 11 is 0. The van der Waals surface area contributed by atoms with Crippen LogP contribution in [-0.4, -0.2) is 39.1 Å². The predicted molar refractivity (Wildman–Crippen MR) is 128 cm³/mol. The molecule has 0 unspecified atom stereocenters. The first kappa shape index (κ1) is 23.5. The molecule has 3 aromatic rings. The lowest BCUT2D eigenvalue weighted by molar-refractivity contribution is 0.0696. The first-order valence-electron chi connectivity index (χ1n) is 11.2. The van der Waals surface area contributed by atoms with Crippen LogP contribution in [0.25, 0.3) is 0 Å². The van der Waals surface area contributed by atoms with E-state index in [4.69, 9.17) is 0 Å². The number of nitrogens with zero attached hydrogens (tertiary/aromatic N) is 3. The Balaban J connectivity index is 1.66. The maximum Gasteiger partial charge on any atom is 0.256 e. The van der Waals surface area contributed by atoms with Crippen molar-refractivity contribution < 1.29 is 14.3 Å². The standard InChI is InChI=1S/C24H28FN7O2/c1-4-27-22(33)17-13-28-23(29-16-6-5-14-9-10-26-12-15(14)11-16)32-21(17)31-19-8-7-18(25)20(30-19)24(2,3)34/h5-8,11,13,26,34H,4,9-10,12H2,1-3H3,(H,27,33)(H2,28,29,30,31,32). The Hall–Kier alpha value is -3.63. The van der Waals surface area contributed by atoms with Crippen LogP contribution in [-0.2, 0) is 18.6 Å². The topological polar surface area (TPSA) is 124 Å². The van der Waals surface area contributed by atoms with Gasteiger partial charge in [0, 0.05) is 25.0 Å². The fourth-order valence-electron chi connectivity index (χ4n) is 3.71. The average Bonchev–Trinajstić information content (AvgIpc) is 2.80. The van der Waals surface area contributed by atoms with Crippen molar-refractivity contribution in [2.75, 3.05) is 23.7 Å². The highest BCUT2D eigenvalue weighted by Crippen LogP contribution is 2.26. The second-order valence-corrected chi connectivity index (χ2v) is 8.56. The van der Waals surface area contributed by atoms with Crippen molar-refractivity contribution in [1.29, 1.82) is 0 Å². The van der Waals surface area contributed by atoms with Gasteiger partial charge in [0.15, 0.2) is 0 Å². The Morgan fingerprint density at radius 2 is 2.00 bits per heavy atom. The third kappa shape index (κ3) is 5.29. The van der Waals surface area contributed by atoms with Gasteiger partial charge >= 0.3 is 0 Å². The number of rotatable bonds is 7. The van der Waals surface area contributed by atoms with E-state index in [1.165, 1.54) is 43.3 Å².